The number of fused-ring (bicyclic) bond motifs is 1. The van der Waals surface area contributed by atoms with Crippen molar-refractivity contribution in [2.24, 2.45) is 0 Å². The van der Waals surface area contributed by atoms with E-state index in [0.29, 0.717) is 11.1 Å². The lowest BCUT2D eigenvalue weighted by atomic mass is 10.1. The first kappa shape index (κ1) is 17.5. The van der Waals surface area contributed by atoms with Gasteiger partial charge in [-0.1, -0.05) is 12.1 Å². The van der Waals surface area contributed by atoms with E-state index in [9.17, 15) is 19.2 Å². The molecule has 2 N–H and O–H groups in total. The fourth-order valence-corrected chi connectivity index (χ4v) is 2.34. The second-order valence-corrected chi connectivity index (χ2v) is 5.62. The summed E-state index contributed by atoms with van der Waals surface area (Å²) in [5.41, 5.74) is 0.612. The van der Waals surface area contributed by atoms with Crippen LogP contribution in [-0.2, 0) is 4.79 Å². The molecule has 1 unspecified atom stereocenters. The molecule has 5 amide bonds. The molecule has 0 aliphatic carbocycles. The van der Waals surface area contributed by atoms with Gasteiger partial charge in [-0.15, -0.1) is 0 Å². The third-order valence-corrected chi connectivity index (χ3v) is 3.70. The Morgan fingerprint density at radius 1 is 1.04 bits per heavy atom. The highest BCUT2D eigenvalue weighted by molar-refractivity contribution is 6.22. The second-order valence-electron chi connectivity index (χ2n) is 5.62. The first-order chi connectivity index (χ1) is 11.3. The molecule has 128 valence electrons. The molecule has 1 heterocycles. The fraction of sp³-hybridized carbons (Fsp3) is 0.375. The van der Waals surface area contributed by atoms with Crippen molar-refractivity contribution < 1.29 is 19.2 Å². The van der Waals surface area contributed by atoms with E-state index in [4.69, 9.17) is 0 Å². The van der Waals surface area contributed by atoms with E-state index < -0.39 is 23.8 Å². The third kappa shape index (κ3) is 3.37. The molecule has 0 aromatic heterocycles. The Bertz CT molecular complexity index is 651. The molecule has 0 spiro atoms. The summed E-state index contributed by atoms with van der Waals surface area (Å²) in [6.07, 6.45) is 0. The number of rotatable bonds is 5. The molecule has 1 aliphatic heterocycles. The van der Waals surface area contributed by atoms with Crippen molar-refractivity contribution in [3.63, 3.8) is 0 Å². The highest BCUT2D eigenvalue weighted by Gasteiger charge is 2.40. The van der Waals surface area contributed by atoms with Crippen LogP contribution in [0.3, 0.4) is 0 Å². The molecule has 1 aromatic carbocycles. The summed E-state index contributed by atoms with van der Waals surface area (Å²) in [7, 11) is 3.22. The van der Waals surface area contributed by atoms with Crippen LogP contribution in [-0.4, -0.2) is 66.8 Å². The number of hydrogen-bond acceptors (Lipinski definition) is 4. The number of hydrogen-bond donors (Lipinski definition) is 2. The minimum Gasteiger partial charge on any atom is -0.353 e. The smallest absolute Gasteiger partial charge is 0.316 e. The zero-order valence-corrected chi connectivity index (χ0v) is 13.8. The van der Waals surface area contributed by atoms with E-state index in [1.54, 1.807) is 38.4 Å². The largest absolute Gasteiger partial charge is 0.353 e. The van der Waals surface area contributed by atoms with Crippen molar-refractivity contribution in [2.45, 2.75) is 13.0 Å². The van der Waals surface area contributed by atoms with E-state index in [0.717, 1.165) is 4.90 Å². The normalized spacial score (nSPS) is 14.2. The van der Waals surface area contributed by atoms with Crippen LogP contribution in [0.4, 0.5) is 4.79 Å². The summed E-state index contributed by atoms with van der Waals surface area (Å²) >= 11 is 0. The van der Waals surface area contributed by atoms with Gasteiger partial charge in [0.2, 0.25) is 5.91 Å². The Labute approximate surface area is 139 Å². The Morgan fingerprint density at radius 3 is 2.04 bits per heavy atom. The van der Waals surface area contributed by atoms with Crippen LogP contribution in [0, 0.1) is 0 Å². The minimum absolute atomic E-state index is 0.200. The zero-order chi connectivity index (χ0) is 17.9. The van der Waals surface area contributed by atoms with E-state index in [1.807, 2.05) is 0 Å². The fourth-order valence-electron chi connectivity index (χ4n) is 2.34. The summed E-state index contributed by atoms with van der Waals surface area (Å²) in [4.78, 5) is 50.5. The number of amides is 5. The van der Waals surface area contributed by atoms with Gasteiger partial charge in [-0.2, -0.15) is 0 Å². The van der Waals surface area contributed by atoms with Gasteiger partial charge >= 0.3 is 6.03 Å². The van der Waals surface area contributed by atoms with Gasteiger partial charge in [-0.05, 0) is 19.1 Å². The molecule has 0 radical (unpaired) electrons. The lowest BCUT2D eigenvalue weighted by Gasteiger charge is -2.21. The van der Waals surface area contributed by atoms with Crippen LogP contribution in [0.15, 0.2) is 24.3 Å². The summed E-state index contributed by atoms with van der Waals surface area (Å²) in [6.45, 7) is 1.94. The van der Waals surface area contributed by atoms with Gasteiger partial charge in [-0.3, -0.25) is 19.3 Å². The topological polar surface area (TPSA) is 98.8 Å². The maximum Gasteiger partial charge on any atom is 0.316 e. The van der Waals surface area contributed by atoms with Crippen LogP contribution < -0.4 is 10.6 Å². The van der Waals surface area contributed by atoms with Gasteiger partial charge in [0.05, 0.1) is 11.1 Å². The van der Waals surface area contributed by atoms with E-state index >= 15 is 0 Å². The van der Waals surface area contributed by atoms with Gasteiger partial charge in [0.25, 0.3) is 11.8 Å². The number of carbonyl (C=O) groups is 4. The molecule has 2 rings (SSSR count). The van der Waals surface area contributed by atoms with Gasteiger partial charge in [-0.25, -0.2) is 4.79 Å². The first-order valence-electron chi connectivity index (χ1n) is 7.54. The average Bonchev–Trinajstić information content (AvgIpc) is 2.82. The minimum atomic E-state index is -0.929. The van der Waals surface area contributed by atoms with Crippen molar-refractivity contribution in [3.05, 3.63) is 35.4 Å². The number of imide groups is 1. The summed E-state index contributed by atoms with van der Waals surface area (Å²) in [5.74, 6) is -1.40. The number of nitrogens with zero attached hydrogens (tertiary/aromatic N) is 2. The molecule has 1 aliphatic rings. The number of urea groups is 1. The molecule has 0 saturated heterocycles. The van der Waals surface area contributed by atoms with E-state index in [2.05, 4.69) is 10.6 Å². The molecule has 8 nitrogen and oxygen atoms in total. The van der Waals surface area contributed by atoms with Crippen molar-refractivity contribution in [3.8, 4) is 0 Å². The predicted octanol–water partition coefficient (Wildman–Crippen LogP) is 0.0585. The molecule has 0 bridgehead atoms. The molecule has 1 aromatic rings. The maximum atomic E-state index is 12.3. The molecule has 1 atom stereocenters. The van der Waals surface area contributed by atoms with Crippen molar-refractivity contribution in [1.82, 2.24) is 20.4 Å². The zero-order valence-electron chi connectivity index (χ0n) is 13.8. The maximum absolute atomic E-state index is 12.3. The summed E-state index contributed by atoms with van der Waals surface area (Å²) in [5, 5.41) is 5.21. The number of benzene rings is 1. The lowest BCUT2D eigenvalue weighted by Crippen LogP contribution is -2.49. The highest BCUT2D eigenvalue weighted by atomic mass is 16.2. The first-order valence-corrected chi connectivity index (χ1v) is 7.54. The van der Waals surface area contributed by atoms with Crippen LogP contribution in [0.2, 0.25) is 0 Å². The molecule has 0 fully saturated rings. The molecule has 0 saturated carbocycles. The van der Waals surface area contributed by atoms with Crippen molar-refractivity contribution in [2.75, 3.05) is 27.2 Å². The Morgan fingerprint density at radius 2 is 1.54 bits per heavy atom. The number of carbonyl (C=O) groups excluding carboxylic acids is 4. The highest BCUT2D eigenvalue weighted by Crippen LogP contribution is 2.24. The van der Waals surface area contributed by atoms with Crippen LogP contribution >= 0.6 is 0 Å². The number of nitrogens with one attached hydrogen (secondary N) is 2. The molecule has 24 heavy (non-hydrogen) atoms. The van der Waals surface area contributed by atoms with Crippen LogP contribution in [0.1, 0.15) is 27.6 Å². The summed E-state index contributed by atoms with van der Waals surface area (Å²) in [6, 6.07) is 5.28. The van der Waals surface area contributed by atoms with Crippen molar-refractivity contribution >= 4 is 23.8 Å². The average molecular weight is 332 g/mol. The third-order valence-electron chi connectivity index (χ3n) is 3.70. The van der Waals surface area contributed by atoms with Gasteiger partial charge in [0, 0.05) is 27.2 Å². The van der Waals surface area contributed by atoms with Crippen LogP contribution in [0.5, 0.6) is 0 Å². The predicted molar refractivity (Wildman–Crippen MR) is 86.5 cm³/mol. The lowest BCUT2D eigenvalue weighted by molar-refractivity contribution is -0.124. The monoisotopic (exact) mass is 332 g/mol. The molecular formula is C16H20N4O4. The van der Waals surface area contributed by atoms with Gasteiger partial charge in [0.15, 0.2) is 0 Å². The standard InChI is InChI=1S/C16H20N4O4/c1-10(13(21)17-8-9-18-16(24)19(2)3)20-14(22)11-6-4-5-7-12(11)15(20)23/h4-7,10H,8-9H2,1-3H3,(H,17,21)(H,18,24). The summed E-state index contributed by atoms with van der Waals surface area (Å²) < 4.78 is 0. The van der Waals surface area contributed by atoms with Gasteiger partial charge in [0.1, 0.15) is 6.04 Å². The Hall–Kier alpha value is -2.90. The van der Waals surface area contributed by atoms with Crippen molar-refractivity contribution in [1.29, 1.82) is 0 Å². The molecular weight excluding hydrogens is 312 g/mol. The van der Waals surface area contributed by atoms with Crippen LogP contribution in [0.25, 0.3) is 0 Å². The quantitative estimate of drug-likeness (QED) is 0.588. The second kappa shape index (κ2) is 7.12. The Balaban J connectivity index is 1.91. The molecule has 8 heteroatoms. The van der Waals surface area contributed by atoms with E-state index in [-0.39, 0.29) is 19.1 Å². The Kier molecular flexibility index (Phi) is 5.18. The van der Waals surface area contributed by atoms with E-state index in [1.165, 1.54) is 11.8 Å². The SMILES string of the molecule is CC(C(=O)NCCNC(=O)N(C)C)N1C(=O)c2ccccc2C1=O. The van der Waals surface area contributed by atoms with Gasteiger partial charge < -0.3 is 15.5 Å².